The number of likely N-dealkylation sites (tertiary alicyclic amines) is 1. The van der Waals surface area contributed by atoms with Crippen LogP contribution in [0.4, 0.5) is 0 Å². The summed E-state index contributed by atoms with van der Waals surface area (Å²) in [5.74, 6) is -1.64. The average molecular weight is 771 g/mol. The molecule has 0 spiro atoms. The highest BCUT2D eigenvalue weighted by Gasteiger charge is 2.29. The van der Waals surface area contributed by atoms with E-state index in [1.54, 1.807) is 0 Å². The molecule has 0 amide bonds. The minimum atomic E-state index is -0.868. The van der Waals surface area contributed by atoms with Crippen molar-refractivity contribution in [3.05, 3.63) is 88.5 Å². The quantitative estimate of drug-likeness (QED) is 0.120. The zero-order valence-electron chi connectivity index (χ0n) is 33.5. The third-order valence-corrected chi connectivity index (χ3v) is 11.5. The van der Waals surface area contributed by atoms with Crippen molar-refractivity contribution < 1.29 is 34.4 Å². The number of carboxylic acids is 3. The van der Waals surface area contributed by atoms with Gasteiger partial charge in [-0.3, -0.25) is 29.1 Å². The highest BCUT2D eigenvalue weighted by atomic mass is 16.5. The lowest BCUT2D eigenvalue weighted by Crippen LogP contribution is -2.44. The molecule has 3 N–H and O–H groups in total. The van der Waals surface area contributed by atoms with Crippen LogP contribution in [0.1, 0.15) is 72.8 Å². The van der Waals surface area contributed by atoms with Crippen LogP contribution in [0.25, 0.3) is 11.1 Å². The van der Waals surface area contributed by atoms with E-state index < -0.39 is 23.9 Å². The number of ether oxygens (including phenoxy) is 1. The number of benzene rings is 3. The van der Waals surface area contributed by atoms with E-state index in [0.29, 0.717) is 45.8 Å². The maximum Gasteiger partial charge on any atom is 0.320 e. The van der Waals surface area contributed by atoms with Crippen molar-refractivity contribution in [2.45, 2.75) is 84.2 Å². The summed E-state index contributed by atoms with van der Waals surface area (Å²) in [4.78, 5) is 43.2. The third-order valence-electron chi connectivity index (χ3n) is 11.5. The number of piperidine rings is 1. The van der Waals surface area contributed by atoms with E-state index in [1.165, 1.54) is 33.4 Å². The third kappa shape index (κ3) is 13.1. The number of hydrogen-bond acceptors (Lipinski definition) is 8. The zero-order chi connectivity index (χ0) is 39.9. The summed E-state index contributed by atoms with van der Waals surface area (Å²) in [7, 11) is 0. The van der Waals surface area contributed by atoms with Crippen LogP contribution in [0.2, 0.25) is 0 Å². The highest BCUT2D eigenvalue weighted by Crippen LogP contribution is 2.31. The summed E-state index contributed by atoms with van der Waals surface area (Å²) in [5.41, 5.74) is 8.61. The molecular formula is C45H62N4O7. The van der Waals surface area contributed by atoms with Gasteiger partial charge in [-0.15, -0.1) is 0 Å². The van der Waals surface area contributed by atoms with Gasteiger partial charge in [-0.25, -0.2) is 0 Å². The molecule has 3 aromatic carbocycles. The molecule has 11 nitrogen and oxygen atoms in total. The molecule has 1 atom stereocenters. The molecule has 0 bridgehead atoms. The normalized spacial score (nSPS) is 17.9. The predicted octanol–water partition coefficient (Wildman–Crippen LogP) is 6.22. The first-order valence-corrected chi connectivity index (χ1v) is 20.5. The molecule has 5 rings (SSSR count). The van der Waals surface area contributed by atoms with Crippen LogP contribution in [0.15, 0.2) is 60.7 Å². The molecule has 0 aliphatic carbocycles. The van der Waals surface area contributed by atoms with Gasteiger partial charge in [0, 0.05) is 51.4 Å². The number of aliphatic carboxylic acids is 3. The fourth-order valence-electron chi connectivity index (χ4n) is 8.23. The molecule has 56 heavy (non-hydrogen) atoms. The van der Waals surface area contributed by atoms with Gasteiger partial charge in [0.15, 0.2) is 0 Å². The molecule has 0 radical (unpaired) electrons. The number of carbonyl (C=O) groups is 3. The topological polar surface area (TPSA) is 134 Å². The van der Waals surface area contributed by atoms with Crippen molar-refractivity contribution in [1.29, 1.82) is 0 Å². The fourth-order valence-corrected chi connectivity index (χ4v) is 8.23. The second-order valence-corrected chi connectivity index (χ2v) is 15.6. The maximum absolute atomic E-state index is 12.2. The number of aryl methyl sites for hydroxylation is 3. The van der Waals surface area contributed by atoms with Gasteiger partial charge in [0.25, 0.3) is 0 Å². The Morgan fingerprint density at radius 2 is 1.32 bits per heavy atom. The van der Waals surface area contributed by atoms with Crippen molar-refractivity contribution in [3.8, 4) is 16.9 Å². The van der Waals surface area contributed by atoms with Gasteiger partial charge in [0.1, 0.15) is 11.8 Å². The van der Waals surface area contributed by atoms with Gasteiger partial charge in [0.2, 0.25) is 0 Å². The van der Waals surface area contributed by atoms with E-state index in [4.69, 9.17) is 4.74 Å². The van der Waals surface area contributed by atoms with Gasteiger partial charge < -0.3 is 25.0 Å². The van der Waals surface area contributed by atoms with Crippen LogP contribution in [0, 0.1) is 13.8 Å². The Kier molecular flexibility index (Phi) is 16.7. The van der Waals surface area contributed by atoms with E-state index in [1.807, 2.05) is 15.9 Å². The second-order valence-electron chi connectivity index (χ2n) is 15.6. The van der Waals surface area contributed by atoms with Crippen LogP contribution < -0.4 is 4.74 Å². The van der Waals surface area contributed by atoms with Crippen LogP contribution in [-0.4, -0.2) is 131 Å². The van der Waals surface area contributed by atoms with Crippen LogP contribution >= 0.6 is 0 Å². The van der Waals surface area contributed by atoms with E-state index in [9.17, 15) is 29.7 Å². The minimum Gasteiger partial charge on any atom is -0.493 e. The Morgan fingerprint density at radius 1 is 0.679 bits per heavy atom. The fraction of sp³-hybridized carbons (Fsp3) is 0.533. The molecule has 2 aliphatic rings. The largest absolute Gasteiger partial charge is 0.493 e. The molecule has 0 unspecified atom stereocenters. The van der Waals surface area contributed by atoms with Crippen molar-refractivity contribution >= 4 is 17.9 Å². The summed E-state index contributed by atoms with van der Waals surface area (Å²) >= 11 is 0. The predicted molar refractivity (Wildman–Crippen MR) is 219 cm³/mol. The molecule has 2 aliphatic heterocycles. The standard InChI is InChI=1S/C45H62N4O7/c1-34-29-39(31-49-21-10-8-17-41(49)45(54)55)42(30-38(34)19-18-36-15-12-16-40(35(36)2)37-13-6-5-7-14-37)56-28-11-4-3-9-20-46-22-24-47(32-43(50)51)26-27-48(25-23-46)33-44(52)53/h5-7,12-16,29-30,41H,3-4,8-11,17-28,31-33H2,1-2H3,(H,50,51)(H,52,53)(H,54,55)/t41-/m0/s1. The van der Waals surface area contributed by atoms with Crippen LogP contribution in [0.5, 0.6) is 5.75 Å². The van der Waals surface area contributed by atoms with Crippen molar-refractivity contribution in [1.82, 2.24) is 19.6 Å². The van der Waals surface area contributed by atoms with Gasteiger partial charge >= 0.3 is 17.9 Å². The monoisotopic (exact) mass is 770 g/mol. The molecule has 11 heteroatoms. The van der Waals surface area contributed by atoms with Crippen LogP contribution in [0.3, 0.4) is 0 Å². The van der Waals surface area contributed by atoms with E-state index in [2.05, 4.69) is 78.2 Å². The lowest BCUT2D eigenvalue weighted by Gasteiger charge is -2.33. The van der Waals surface area contributed by atoms with Crippen LogP contribution in [-0.2, 0) is 33.8 Å². The molecule has 0 saturated carbocycles. The molecule has 304 valence electrons. The number of carboxylic acid groups (broad SMARTS) is 3. The first-order chi connectivity index (χ1) is 27.1. The smallest absolute Gasteiger partial charge is 0.320 e. The first kappa shape index (κ1) is 42.8. The minimum absolute atomic E-state index is 0.0423. The maximum atomic E-state index is 12.2. The molecule has 2 fully saturated rings. The molecule has 3 aromatic rings. The Bertz CT molecular complexity index is 1710. The van der Waals surface area contributed by atoms with Gasteiger partial charge in [0.05, 0.1) is 19.7 Å². The number of rotatable bonds is 19. The summed E-state index contributed by atoms with van der Waals surface area (Å²) in [6.45, 7) is 10.9. The van der Waals surface area contributed by atoms with Crippen molar-refractivity contribution in [2.24, 2.45) is 0 Å². The van der Waals surface area contributed by atoms with Crippen molar-refractivity contribution in [2.75, 3.05) is 72.1 Å². The van der Waals surface area contributed by atoms with Gasteiger partial charge in [-0.2, -0.15) is 0 Å². The Hall–Kier alpha value is -4.29. The Labute approximate surface area is 332 Å². The number of unbranched alkanes of at least 4 members (excludes halogenated alkanes) is 3. The molecule has 0 aromatic heterocycles. The summed E-state index contributed by atoms with van der Waals surface area (Å²) < 4.78 is 6.56. The van der Waals surface area contributed by atoms with E-state index in [-0.39, 0.29) is 13.1 Å². The number of hydrogen-bond donors (Lipinski definition) is 3. The lowest BCUT2D eigenvalue weighted by molar-refractivity contribution is -0.145. The SMILES string of the molecule is Cc1cc(CN2CCCC[C@H]2C(=O)O)c(OCCCCCCN2CCN(CC(=O)O)CCN(CC(=O)O)CC2)cc1CCc1cccc(-c2ccccc2)c1C. The number of nitrogens with zero attached hydrogens (tertiary/aromatic N) is 4. The highest BCUT2D eigenvalue weighted by molar-refractivity contribution is 5.73. The van der Waals surface area contributed by atoms with Gasteiger partial charge in [-0.05, 0) is 105 Å². The average Bonchev–Trinajstić information content (AvgIpc) is 3.26. The zero-order valence-corrected chi connectivity index (χ0v) is 33.5. The first-order valence-electron chi connectivity index (χ1n) is 20.5. The Balaban J connectivity index is 1.19. The molecule has 2 saturated heterocycles. The van der Waals surface area contributed by atoms with Gasteiger partial charge in [-0.1, -0.05) is 73.9 Å². The van der Waals surface area contributed by atoms with E-state index >= 15 is 0 Å². The summed E-state index contributed by atoms with van der Waals surface area (Å²) in [6.07, 6.45) is 8.31. The lowest BCUT2D eigenvalue weighted by atomic mass is 9.92. The Morgan fingerprint density at radius 3 is 1.98 bits per heavy atom. The van der Waals surface area contributed by atoms with Crippen molar-refractivity contribution in [3.63, 3.8) is 0 Å². The molecular weight excluding hydrogens is 709 g/mol. The molecule has 2 heterocycles. The summed E-state index contributed by atoms with van der Waals surface area (Å²) in [5, 5.41) is 28.7. The van der Waals surface area contributed by atoms with E-state index in [0.717, 1.165) is 88.9 Å². The summed E-state index contributed by atoms with van der Waals surface area (Å²) in [6, 6.07) is 21.0. The second kappa shape index (κ2) is 21.9.